The van der Waals surface area contributed by atoms with E-state index in [1.165, 1.54) is 24.1 Å². The lowest BCUT2D eigenvalue weighted by Gasteiger charge is -2.41. The molecule has 0 radical (unpaired) electrons. The fraction of sp³-hybridized carbons (Fsp3) is 0.519. The maximum Gasteiger partial charge on any atom is 0.119 e. The average molecular weight is 503 g/mol. The van der Waals surface area contributed by atoms with Gasteiger partial charge in [-0.3, -0.25) is 4.98 Å². The highest BCUT2D eigenvalue weighted by Crippen LogP contribution is 2.40. The Kier molecular flexibility index (Phi) is 8.83. The molecule has 3 heterocycles. The largest absolute Gasteiger partial charge is 0.497 e. The van der Waals surface area contributed by atoms with Gasteiger partial charge in [-0.05, 0) is 99.6 Å². The number of piperidine rings is 1. The van der Waals surface area contributed by atoms with Crippen LogP contribution < -0.4 is 4.74 Å². The number of ether oxygens (including phenoxy) is 1. The number of aliphatic hydroxyl groups is 2. The summed E-state index contributed by atoms with van der Waals surface area (Å²) in [7, 11) is 1.62. The molecular weight excluding hydrogens is 468 g/mol. The predicted molar refractivity (Wildman–Crippen MR) is 140 cm³/mol. The Morgan fingerprint density at radius 1 is 1.24 bits per heavy atom. The first-order valence-electron chi connectivity index (χ1n) is 12.2. The Hall–Kier alpha value is -1.70. The zero-order valence-electron chi connectivity index (χ0n) is 19.9. The molecule has 3 aromatic rings. The van der Waals surface area contributed by atoms with Crippen LogP contribution in [0.15, 0.2) is 41.9 Å². The van der Waals surface area contributed by atoms with E-state index in [4.69, 9.17) is 16.3 Å². The van der Waals surface area contributed by atoms with Crippen molar-refractivity contribution in [1.29, 1.82) is 0 Å². The maximum absolute atomic E-state index is 11.1. The van der Waals surface area contributed by atoms with Gasteiger partial charge >= 0.3 is 0 Å². The van der Waals surface area contributed by atoms with Gasteiger partial charge in [-0.25, -0.2) is 0 Å². The number of benzene rings is 1. The second-order valence-electron chi connectivity index (χ2n) is 9.49. The molecule has 1 unspecified atom stereocenters. The number of methoxy groups -OCH3 is 1. The van der Waals surface area contributed by atoms with Crippen molar-refractivity contribution in [3.05, 3.63) is 57.4 Å². The zero-order valence-corrected chi connectivity index (χ0v) is 21.5. The van der Waals surface area contributed by atoms with Gasteiger partial charge in [0.1, 0.15) is 5.75 Å². The summed E-state index contributed by atoms with van der Waals surface area (Å²) >= 11 is 8.32. The quantitative estimate of drug-likeness (QED) is 0.321. The number of likely N-dealkylation sites (tertiary alicyclic amines) is 1. The monoisotopic (exact) mass is 502 g/mol. The zero-order chi connectivity index (χ0) is 24.0. The molecule has 0 aliphatic carbocycles. The van der Waals surface area contributed by atoms with Crippen LogP contribution in [0.3, 0.4) is 0 Å². The van der Waals surface area contributed by atoms with Gasteiger partial charge in [0, 0.05) is 28.6 Å². The normalized spacial score (nSPS) is 17.2. The van der Waals surface area contributed by atoms with Gasteiger partial charge in [0.05, 0.1) is 23.8 Å². The highest BCUT2D eigenvalue weighted by molar-refractivity contribution is 7.09. The van der Waals surface area contributed by atoms with Gasteiger partial charge in [0.25, 0.3) is 0 Å². The first-order chi connectivity index (χ1) is 16.5. The Morgan fingerprint density at radius 3 is 2.76 bits per heavy atom. The second-order valence-corrected chi connectivity index (χ2v) is 10.9. The molecule has 184 valence electrons. The molecule has 0 spiro atoms. The maximum atomic E-state index is 11.1. The van der Waals surface area contributed by atoms with Crippen LogP contribution in [0, 0.1) is 5.41 Å². The molecule has 1 saturated heterocycles. The van der Waals surface area contributed by atoms with Gasteiger partial charge in [0.2, 0.25) is 0 Å². The summed E-state index contributed by atoms with van der Waals surface area (Å²) in [6, 6.07) is 9.96. The molecular formula is C27H35ClN2O3S. The fourth-order valence-electron chi connectivity index (χ4n) is 5.05. The molecule has 0 bridgehead atoms. The number of hydrogen-bond acceptors (Lipinski definition) is 6. The molecule has 2 aromatic heterocycles. The number of halogens is 1. The molecule has 4 rings (SSSR count). The third-order valence-electron chi connectivity index (χ3n) is 7.33. The number of rotatable bonds is 11. The fourth-order valence-corrected chi connectivity index (χ4v) is 6.08. The predicted octanol–water partition coefficient (Wildman–Crippen LogP) is 5.87. The molecule has 0 saturated carbocycles. The van der Waals surface area contributed by atoms with Gasteiger partial charge in [0.15, 0.2) is 0 Å². The van der Waals surface area contributed by atoms with Crippen LogP contribution in [0.5, 0.6) is 5.75 Å². The number of thiophene rings is 1. The highest BCUT2D eigenvalue weighted by Gasteiger charge is 2.34. The average Bonchev–Trinajstić information content (AvgIpc) is 3.39. The van der Waals surface area contributed by atoms with E-state index in [-0.39, 0.29) is 12.0 Å². The van der Waals surface area contributed by atoms with E-state index in [1.54, 1.807) is 13.3 Å². The summed E-state index contributed by atoms with van der Waals surface area (Å²) in [5.41, 5.74) is 1.34. The standard InChI is InChI=1S/C27H35ClN2O3S/c1-33-20-7-8-24-22(17-20)26(23(28)18-29-24)25(32)9-10-27(19-31)11-14-30(15-12-27)13-3-2-5-21-6-4-16-34-21/h4,6-8,16-18,25,31-32H,2-3,5,9-15,19H2,1H3. The molecule has 5 nitrogen and oxygen atoms in total. The summed E-state index contributed by atoms with van der Waals surface area (Å²) in [5, 5.41) is 24.8. The van der Waals surface area contributed by atoms with E-state index < -0.39 is 6.10 Å². The topological polar surface area (TPSA) is 65.8 Å². The van der Waals surface area contributed by atoms with E-state index >= 15 is 0 Å². The molecule has 1 aromatic carbocycles. The minimum absolute atomic E-state index is 0.137. The van der Waals surface area contributed by atoms with Gasteiger partial charge in [-0.15, -0.1) is 11.3 Å². The first-order valence-corrected chi connectivity index (χ1v) is 13.5. The van der Waals surface area contributed by atoms with Crippen molar-refractivity contribution in [1.82, 2.24) is 9.88 Å². The van der Waals surface area contributed by atoms with Gasteiger partial charge < -0.3 is 19.8 Å². The van der Waals surface area contributed by atoms with Crippen LogP contribution in [0.2, 0.25) is 5.02 Å². The summed E-state index contributed by atoms with van der Waals surface area (Å²) < 4.78 is 5.36. The molecule has 2 N–H and O–H groups in total. The lowest BCUT2D eigenvalue weighted by atomic mass is 9.74. The smallest absolute Gasteiger partial charge is 0.119 e. The Labute approximate surface area is 211 Å². The highest BCUT2D eigenvalue weighted by atomic mass is 35.5. The van der Waals surface area contributed by atoms with Crippen LogP contribution >= 0.6 is 22.9 Å². The van der Waals surface area contributed by atoms with Crippen LogP contribution in [0.25, 0.3) is 10.9 Å². The van der Waals surface area contributed by atoms with Crippen LogP contribution in [-0.4, -0.2) is 53.4 Å². The van der Waals surface area contributed by atoms with Crippen molar-refractivity contribution in [2.24, 2.45) is 5.41 Å². The van der Waals surface area contributed by atoms with E-state index in [0.717, 1.165) is 49.8 Å². The van der Waals surface area contributed by atoms with Crippen LogP contribution in [-0.2, 0) is 6.42 Å². The number of unbranched alkanes of at least 4 members (excludes halogenated alkanes) is 1. The number of aromatic nitrogens is 1. The second kappa shape index (κ2) is 11.8. The van der Waals surface area contributed by atoms with Crippen molar-refractivity contribution >= 4 is 33.8 Å². The summed E-state index contributed by atoms with van der Waals surface area (Å²) in [4.78, 5) is 8.38. The van der Waals surface area contributed by atoms with E-state index in [2.05, 4.69) is 27.4 Å². The third-order valence-corrected chi connectivity index (χ3v) is 8.57. The lowest BCUT2D eigenvalue weighted by molar-refractivity contribution is 0.0233. The summed E-state index contributed by atoms with van der Waals surface area (Å²) in [5.74, 6) is 0.708. The summed E-state index contributed by atoms with van der Waals surface area (Å²) in [6.45, 7) is 3.29. The first kappa shape index (κ1) is 25.4. The molecule has 0 amide bonds. The number of nitrogens with zero attached hydrogens (tertiary/aromatic N) is 2. The van der Waals surface area contributed by atoms with Crippen LogP contribution in [0.1, 0.15) is 55.1 Å². The number of aliphatic hydroxyl groups excluding tert-OH is 2. The van der Waals surface area contributed by atoms with Gasteiger partial charge in [-0.2, -0.15) is 0 Å². The van der Waals surface area contributed by atoms with Crippen molar-refractivity contribution in [2.75, 3.05) is 33.4 Å². The van der Waals surface area contributed by atoms with E-state index in [9.17, 15) is 10.2 Å². The van der Waals surface area contributed by atoms with Crippen molar-refractivity contribution in [2.45, 2.75) is 51.0 Å². The number of pyridine rings is 1. The van der Waals surface area contributed by atoms with Crippen molar-refractivity contribution in [3.63, 3.8) is 0 Å². The molecule has 1 fully saturated rings. The van der Waals surface area contributed by atoms with E-state index in [1.807, 2.05) is 29.5 Å². The molecule has 7 heteroatoms. The van der Waals surface area contributed by atoms with Crippen LogP contribution in [0.4, 0.5) is 0 Å². The minimum atomic E-state index is -0.719. The molecule has 1 aliphatic heterocycles. The van der Waals surface area contributed by atoms with Gasteiger partial charge in [-0.1, -0.05) is 17.7 Å². The SMILES string of the molecule is COc1ccc2ncc(Cl)c(C(O)CCC3(CO)CCN(CCCCc4cccs4)CC3)c2c1. The number of fused-ring (bicyclic) bond motifs is 1. The van der Waals surface area contributed by atoms with Crippen molar-refractivity contribution in [3.8, 4) is 5.75 Å². The third kappa shape index (κ3) is 6.10. The molecule has 1 atom stereocenters. The van der Waals surface area contributed by atoms with E-state index in [0.29, 0.717) is 22.8 Å². The van der Waals surface area contributed by atoms with Crippen molar-refractivity contribution < 1.29 is 14.9 Å². The Balaban J connectivity index is 1.31. The number of hydrogen-bond donors (Lipinski definition) is 2. The number of aryl methyl sites for hydroxylation is 1. The minimum Gasteiger partial charge on any atom is -0.497 e. The molecule has 34 heavy (non-hydrogen) atoms. The lowest BCUT2D eigenvalue weighted by Crippen LogP contribution is -2.42. The Morgan fingerprint density at radius 2 is 2.06 bits per heavy atom. The molecule has 1 aliphatic rings. The summed E-state index contributed by atoms with van der Waals surface area (Å²) in [6.07, 6.45) is 7.72. The Bertz CT molecular complexity index is 1050.